The van der Waals surface area contributed by atoms with Crippen LogP contribution in [-0.2, 0) is 4.79 Å². The van der Waals surface area contributed by atoms with E-state index in [1.165, 1.54) is 19.3 Å². The van der Waals surface area contributed by atoms with Crippen molar-refractivity contribution >= 4 is 5.91 Å². The van der Waals surface area contributed by atoms with Crippen molar-refractivity contribution in [2.24, 2.45) is 11.1 Å². The zero-order valence-electron chi connectivity index (χ0n) is 14.3. The zero-order valence-corrected chi connectivity index (χ0v) is 14.3. The van der Waals surface area contributed by atoms with Crippen LogP contribution < -0.4 is 5.73 Å². The number of amides is 1. The Morgan fingerprint density at radius 1 is 1.32 bits per heavy atom. The summed E-state index contributed by atoms with van der Waals surface area (Å²) in [7, 11) is 0. The Balaban J connectivity index is 1.88. The molecule has 1 aliphatic carbocycles. The second kappa shape index (κ2) is 7.75. The van der Waals surface area contributed by atoms with Gasteiger partial charge in [0.05, 0.1) is 6.10 Å². The molecule has 1 heterocycles. The van der Waals surface area contributed by atoms with Crippen LogP contribution in [0.3, 0.4) is 0 Å². The van der Waals surface area contributed by atoms with E-state index in [1.807, 2.05) is 11.8 Å². The maximum atomic E-state index is 12.7. The van der Waals surface area contributed by atoms with Gasteiger partial charge in [-0.2, -0.15) is 0 Å². The van der Waals surface area contributed by atoms with Crippen molar-refractivity contribution in [3.8, 4) is 0 Å². The van der Waals surface area contributed by atoms with Gasteiger partial charge >= 0.3 is 0 Å². The van der Waals surface area contributed by atoms with Crippen LogP contribution in [0.5, 0.6) is 0 Å². The maximum absolute atomic E-state index is 12.7. The summed E-state index contributed by atoms with van der Waals surface area (Å²) >= 11 is 0. The van der Waals surface area contributed by atoms with E-state index in [1.54, 1.807) is 0 Å². The summed E-state index contributed by atoms with van der Waals surface area (Å²) in [6, 6.07) is 0.312. The highest BCUT2D eigenvalue weighted by atomic mass is 16.3. The van der Waals surface area contributed by atoms with E-state index < -0.39 is 0 Å². The third kappa shape index (κ3) is 4.43. The number of nitrogens with zero attached hydrogens (tertiary/aromatic N) is 2. The molecule has 5 nitrogen and oxygen atoms in total. The van der Waals surface area contributed by atoms with Crippen LogP contribution >= 0.6 is 0 Å². The third-order valence-electron chi connectivity index (χ3n) is 5.49. The van der Waals surface area contributed by atoms with Crippen molar-refractivity contribution in [3.63, 3.8) is 0 Å². The van der Waals surface area contributed by atoms with E-state index >= 15 is 0 Å². The number of β-amino-alcohol motifs (C(OH)–C–C–N with tert-alkyl or cyclic N) is 1. The molecule has 2 fully saturated rings. The SMILES string of the molecule is CC(O)CN1CCN(C(=O)CC2(CN)CCCCC2)CC1C. The van der Waals surface area contributed by atoms with Gasteiger partial charge in [0.1, 0.15) is 0 Å². The first kappa shape index (κ1) is 17.7. The lowest BCUT2D eigenvalue weighted by Gasteiger charge is -2.42. The van der Waals surface area contributed by atoms with Crippen molar-refractivity contribution < 1.29 is 9.90 Å². The molecule has 0 aromatic rings. The summed E-state index contributed by atoms with van der Waals surface area (Å²) in [5, 5.41) is 9.54. The van der Waals surface area contributed by atoms with E-state index in [9.17, 15) is 9.90 Å². The molecule has 5 heteroatoms. The van der Waals surface area contributed by atoms with Crippen molar-refractivity contribution in [2.75, 3.05) is 32.7 Å². The fraction of sp³-hybridized carbons (Fsp3) is 0.941. The summed E-state index contributed by atoms with van der Waals surface area (Å²) in [4.78, 5) is 17.0. The smallest absolute Gasteiger partial charge is 0.223 e. The molecule has 0 spiro atoms. The van der Waals surface area contributed by atoms with E-state index in [4.69, 9.17) is 5.73 Å². The third-order valence-corrected chi connectivity index (χ3v) is 5.49. The molecule has 2 atom stereocenters. The Bertz CT molecular complexity index is 367. The number of rotatable bonds is 5. The van der Waals surface area contributed by atoms with Gasteiger partial charge in [0.2, 0.25) is 5.91 Å². The molecule has 22 heavy (non-hydrogen) atoms. The number of carbonyl (C=O) groups is 1. The van der Waals surface area contributed by atoms with Gasteiger partial charge in [0.15, 0.2) is 0 Å². The van der Waals surface area contributed by atoms with Gasteiger partial charge in [0.25, 0.3) is 0 Å². The molecule has 2 rings (SSSR count). The summed E-state index contributed by atoms with van der Waals surface area (Å²) < 4.78 is 0. The molecule has 128 valence electrons. The Hall–Kier alpha value is -0.650. The number of hydrogen-bond acceptors (Lipinski definition) is 4. The van der Waals surface area contributed by atoms with Gasteiger partial charge in [-0.05, 0) is 38.6 Å². The lowest BCUT2D eigenvalue weighted by Crippen LogP contribution is -2.55. The number of hydrogen-bond donors (Lipinski definition) is 2. The molecule has 2 unspecified atom stereocenters. The Kier molecular flexibility index (Phi) is 6.24. The second-order valence-electron chi connectivity index (χ2n) is 7.47. The molecular weight excluding hydrogens is 278 g/mol. The van der Waals surface area contributed by atoms with Crippen molar-refractivity contribution in [2.45, 2.75) is 64.5 Å². The average molecular weight is 311 g/mol. The van der Waals surface area contributed by atoms with Gasteiger partial charge in [-0.15, -0.1) is 0 Å². The van der Waals surface area contributed by atoms with E-state index in [0.29, 0.717) is 25.6 Å². The molecule has 1 amide bonds. The molecule has 2 aliphatic rings. The highest BCUT2D eigenvalue weighted by Gasteiger charge is 2.36. The minimum absolute atomic E-state index is 0.0509. The van der Waals surface area contributed by atoms with Crippen molar-refractivity contribution in [3.05, 3.63) is 0 Å². The van der Waals surface area contributed by atoms with Crippen LogP contribution in [0.25, 0.3) is 0 Å². The standard InChI is InChI=1S/C17H33N3O2/c1-14-11-20(9-8-19(14)12-15(2)21)16(22)10-17(13-18)6-4-3-5-7-17/h14-15,21H,3-13,18H2,1-2H3. The first-order valence-electron chi connectivity index (χ1n) is 8.86. The molecule has 0 radical (unpaired) electrons. The fourth-order valence-corrected chi connectivity index (χ4v) is 4.02. The number of piperazine rings is 1. The second-order valence-corrected chi connectivity index (χ2v) is 7.47. The summed E-state index contributed by atoms with van der Waals surface area (Å²) in [6.07, 6.45) is 6.22. The first-order chi connectivity index (χ1) is 10.5. The Labute approximate surface area is 134 Å². The van der Waals surface area contributed by atoms with E-state index in [-0.39, 0.29) is 17.4 Å². The first-order valence-corrected chi connectivity index (χ1v) is 8.86. The predicted octanol–water partition coefficient (Wildman–Crippen LogP) is 1.20. The number of aliphatic hydroxyl groups is 1. The largest absolute Gasteiger partial charge is 0.392 e. The number of nitrogens with two attached hydrogens (primary N) is 1. The highest BCUT2D eigenvalue weighted by Crippen LogP contribution is 2.38. The van der Waals surface area contributed by atoms with Crippen molar-refractivity contribution in [1.29, 1.82) is 0 Å². The number of aliphatic hydroxyl groups excluding tert-OH is 1. The molecule has 3 N–H and O–H groups in total. The molecule has 1 aliphatic heterocycles. The van der Waals surface area contributed by atoms with Crippen LogP contribution in [0.4, 0.5) is 0 Å². The van der Waals surface area contributed by atoms with Crippen LogP contribution in [0, 0.1) is 5.41 Å². The average Bonchev–Trinajstić information content (AvgIpc) is 2.49. The van der Waals surface area contributed by atoms with Crippen LogP contribution in [0.1, 0.15) is 52.4 Å². The maximum Gasteiger partial charge on any atom is 0.223 e. The minimum Gasteiger partial charge on any atom is -0.392 e. The quantitative estimate of drug-likeness (QED) is 0.800. The van der Waals surface area contributed by atoms with Crippen LogP contribution in [0.15, 0.2) is 0 Å². The van der Waals surface area contributed by atoms with E-state index in [2.05, 4.69) is 11.8 Å². The highest BCUT2D eigenvalue weighted by molar-refractivity contribution is 5.77. The van der Waals surface area contributed by atoms with Crippen LogP contribution in [0.2, 0.25) is 0 Å². The predicted molar refractivity (Wildman–Crippen MR) is 88.5 cm³/mol. The van der Waals surface area contributed by atoms with Gasteiger partial charge in [-0.25, -0.2) is 0 Å². The molecule has 0 aromatic carbocycles. The van der Waals surface area contributed by atoms with Gasteiger partial charge in [-0.3, -0.25) is 9.69 Å². The fourth-order valence-electron chi connectivity index (χ4n) is 4.02. The van der Waals surface area contributed by atoms with Crippen molar-refractivity contribution in [1.82, 2.24) is 9.80 Å². The molecule has 0 aromatic heterocycles. The normalized spacial score (nSPS) is 27.6. The lowest BCUT2D eigenvalue weighted by molar-refractivity contribution is -0.137. The molecular formula is C17H33N3O2. The zero-order chi connectivity index (χ0) is 16.2. The summed E-state index contributed by atoms with van der Waals surface area (Å²) in [5.41, 5.74) is 6.06. The summed E-state index contributed by atoms with van der Waals surface area (Å²) in [6.45, 7) is 7.68. The lowest BCUT2D eigenvalue weighted by atomic mass is 9.71. The Morgan fingerprint density at radius 2 is 2.00 bits per heavy atom. The van der Waals surface area contributed by atoms with Crippen LogP contribution in [-0.4, -0.2) is 65.7 Å². The Morgan fingerprint density at radius 3 is 2.55 bits per heavy atom. The molecule has 0 bridgehead atoms. The number of carbonyl (C=O) groups excluding carboxylic acids is 1. The van der Waals surface area contributed by atoms with Gasteiger partial charge in [-0.1, -0.05) is 19.3 Å². The summed E-state index contributed by atoms with van der Waals surface area (Å²) in [5.74, 6) is 0.274. The van der Waals surface area contributed by atoms with Gasteiger partial charge in [0, 0.05) is 38.6 Å². The monoisotopic (exact) mass is 311 g/mol. The topological polar surface area (TPSA) is 69.8 Å². The van der Waals surface area contributed by atoms with Gasteiger partial charge < -0.3 is 15.7 Å². The molecule has 1 saturated carbocycles. The minimum atomic E-state index is -0.313. The van der Waals surface area contributed by atoms with E-state index in [0.717, 1.165) is 32.5 Å². The molecule has 1 saturated heterocycles.